The molecule has 1 aliphatic rings. The molecule has 1 heterocycles. The summed E-state index contributed by atoms with van der Waals surface area (Å²) in [7, 11) is 1.02. The van der Waals surface area contributed by atoms with Gasteiger partial charge in [-0.2, -0.15) is 0 Å². The molecular formula is C28H31BFNO5. The van der Waals surface area contributed by atoms with Gasteiger partial charge in [0.2, 0.25) is 0 Å². The topological polar surface area (TPSA) is 66.0 Å². The first-order chi connectivity index (χ1) is 17.1. The van der Waals surface area contributed by atoms with Crippen LogP contribution in [-0.2, 0) is 27.3 Å². The van der Waals surface area contributed by atoms with E-state index >= 15 is 0 Å². The molecule has 0 spiro atoms. The lowest BCUT2D eigenvalue weighted by Gasteiger charge is -2.32. The van der Waals surface area contributed by atoms with Crippen LogP contribution in [0.3, 0.4) is 0 Å². The van der Waals surface area contributed by atoms with Gasteiger partial charge >= 0.3 is 7.12 Å². The molecule has 1 fully saturated rings. The molecule has 0 aromatic heterocycles. The van der Waals surface area contributed by atoms with Crippen LogP contribution in [0.4, 0.5) is 10.1 Å². The number of halogens is 1. The normalized spacial score (nSPS) is 16.1. The molecule has 0 saturated carbocycles. The van der Waals surface area contributed by atoms with E-state index in [9.17, 15) is 9.18 Å². The maximum absolute atomic E-state index is 14.7. The standard InChI is InChI=1S/C28H31BFNO5/c1-27(2)28(3,4)36-29(35-27)22-11-8-10-19(15-22)26(32)31-23-14-13-20(24(30)16-23)17-34-18-21-9-6-7-12-25(21)33-5/h6-16H,17-18H2,1-5H3,(H,31,32). The number of carbonyl (C=O) groups is 1. The van der Waals surface area contributed by atoms with E-state index < -0.39 is 24.1 Å². The molecule has 4 rings (SSSR count). The van der Waals surface area contributed by atoms with E-state index in [1.54, 1.807) is 37.4 Å². The second-order valence-corrected chi connectivity index (χ2v) is 9.78. The molecule has 1 N–H and O–H groups in total. The van der Waals surface area contributed by atoms with Crippen LogP contribution in [-0.4, -0.2) is 31.3 Å². The van der Waals surface area contributed by atoms with Crippen molar-refractivity contribution in [2.45, 2.75) is 52.1 Å². The van der Waals surface area contributed by atoms with E-state index in [-0.39, 0.29) is 12.5 Å². The number of rotatable bonds is 8. The van der Waals surface area contributed by atoms with Crippen LogP contribution in [0.2, 0.25) is 0 Å². The van der Waals surface area contributed by atoms with E-state index in [4.69, 9.17) is 18.8 Å². The van der Waals surface area contributed by atoms with Crippen LogP contribution in [0.5, 0.6) is 5.75 Å². The van der Waals surface area contributed by atoms with Gasteiger partial charge < -0.3 is 24.1 Å². The van der Waals surface area contributed by atoms with Crippen molar-refractivity contribution in [2.75, 3.05) is 12.4 Å². The number of anilines is 1. The van der Waals surface area contributed by atoms with Crippen molar-refractivity contribution in [3.8, 4) is 5.75 Å². The number of carbonyl (C=O) groups excluding carboxylic acids is 1. The monoisotopic (exact) mass is 491 g/mol. The molecule has 3 aromatic rings. The van der Waals surface area contributed by atoms with E-state index in [1.807, 2.05) is 58.0 Å². The summed E-state index contributed by atoms with van der Waals surface area (Å²) >= 11 is 0. The minimum atomic E-state index is -0.574. The molecule has 1 amide bonds. The third-order valence-electron chi connectivity index (χ3n) is 6.69. The summed E-state index contributed by atoms with van der Waals surface area (Å²) in [5.74, 6) is -0.0923. The van der Waals surface area contributed by atoms with Crippen molar-refractivity contribution in [1.29, 1.82) is 0 Å². The number of hydrogen-bond donors (Lipinski definition) is 1. The molecule has 1 saturated heterocycles. The van der Waals surface area contributed by atoms with Gasteiger partial charge in [-0.15, -0.1) is 0 Å². The van der Waals surface area contributed by atoms with Gasteiger partial charge in [-0.25, -0.2) is 4.39 Å². The predicted molar refractivity (Wildman–Crippen MR) is 138 cm³/mol. The van der Waals surface area contributed by atoms with Crippen molar-refractivity contribution >= 4 is 24.2 Å². The summed E-state index contributed by atoms with van der Waals surface area (Å²) in [6.45, 7) is 8.29. The molecule has 0 unspecified atom stereocenters. The molecule has 0 atom stereocenters. The summed E-state index contributed by atoms with van der Waals surface area (Å²) in [6.07, 6.45) is 0. The Morgan fingerprint density at radius 3 is 2.31 bits per heavy atom. The van der Waals surface area contributed by atoms with Crippen molar-refractivity contribution < 1.29 is 28.0 Å². The zero-order valence-electron chi connectivity index (χ0n) is 21.3. The first-order valence-corrected chi connectivity index (χ1v) is 11.8. The van der Waals surface area contributed by atoms with Gasteiger partial charge in [-0.05, 0) is 63.5 Å². The van der Waals surface area contributed by atoms with Gasteiger partial charge in [0.1, 0.15) is 11.6 Å². The fourth-order valence-electron chi connectivity index (χ4n) is 3.84. The highest BCUT2D eigenvalue weighted by Gasteiger charge is 2.51. The molecule has 0 radical (unpaired) electrons. The SMILES string of the molecule is COc1ccccc1COCc1ccc(NC(=O)c2cccc(B3OC(C)(C)C(C)(C)O3)c2)cc1F. The molecule has 1 aliphatic heterocycles. The van der Waals surface area contributed by atoms with Crippen LogP contribution in [0.25, 0.3) is 0 Å². The highest BCUT2D eigenvalue weighted by atomic mass is 19.1. The molecular weight excluding hydrogens is 460 g/mol. The number of nitrogens with one attached hydrogen (secondary N) is 1. The van der Waals surface area contributed by atoms with Gasteiger partial charge in [-0.1, -0.05) is 36.4 Å². The lowest BCUT2D eigenvalue weighted by Crippen LogP contribution is -2.41. The number of benzene rings is 3. The molecule has 0 aliphatic carbocycles. The Morgan fingerprint density at radius 2 is 1.61 bits per heavy atom. The average molecular weight is 491 g/mol. The largest absolute Gasteiger partial charge is 0.496 e. The highest BCUT2D eigenvalue weighted by molar-refractivity contribution is 6.62. The van der Waals surface area contributed by atoms with Crippen molar-refractivity contribution in [2.24, 2.45) is 0 Å². The Hall–Kier alpha value is -3.20. The van der Waals surface area contributed by atoms with Crippen molar-refractivity contribution in [3.05, 3.63) is 89.2 Å². The lowest BCUT2D eigenvalue weighted by atomic mass is 9.78. The van der Waals surface area contributed by atoms with Gasteiger partial charge in [-0.3, -0.25) is 4.79 Å². The first-order valence-electron chi connectivity index (χ1n) is 11.8. The lowest BCUT2D eigenvalue weighted by molar-refractivity contribution is 0.00578. The zero-order chi connectivity index (χ0) is 25.9. The van der Waals surface area contributed by atoms with Gasteiger partial charge in [0.15, 0.2) is 0 Å². The van der Waals surface area contributed by atoms with Gasteiger partial charge in [0, 0.05) is 22.4 Å². The maximum atomic E-state index is 14.7. The minimum Gasteiger partial charge on any atom is -0.496 e. The summed E-state index contributed by atoms with van der Waals surface area (Å²) in [6, 6.07) is 19.1. The Kier molecular flexibility index (Phi) is 7.50. The molecule has 6 nitrogen and oxygen atoms in total. The van der Waals surface area contributed by atoms with E-state index in [1.165, 1.54) is 6.07 Å². The quantitative estimate of drug-likeness (QED) is 0.444. The first kappa shape index (κ1) is 25.9. The number of hydrogen-bond acceptors (Lipinski definition) is 5. The van der Waals surface area contributed by atoms with E-state index in [0.29, 0.717) is 23.4 Å². The zero-order valence-corrected chi connectivity index (χ0v) is 21.3. The maximum Gasteiger partial charge on any atom is 0.494 e. The smallest absolute Gasteiger partial charge is 0.494 e. The van der Waals surface area contributed by atoms with Crippen LogP contribution in [0.15, 0.2) is 66.7 Å². The molecule has 188 valence electrons. The summed E-state index contributed by atoms with van der Waals surface area (Å²) in [5, 5.41) is 2.76. The molecule has 36 heavy (non-hydrogen) atoms. The van der Waals surface area contributed by atoms with Crippen molar-refractivity contribution in [1.82, 2.24) is 0 Å². The van der Waals surface area contributed by atoms with Crippen LogP contribution >= 0.6 is 0 Å². The highest BCUT2D eigenvalue weighted by Crippen LogP contribution is 2.36. The molecule has 8 heteroatoms. The van der Waals surface area contributed by atoms with Gasteiger partial charge in [0.25, 0.3) is 5.91 Å². The van der Waals surface area contributed by atoms with Gasteiger partial charge in [0.05, 0.1) is 31.5 Å². The second kappa shape index (κ2) is 10.4. The Labute approximate surface area is 211 Å². The summed E-state index contributed by atoms with van der Waals surface area (Å²) in [5.41, 5.74) is 1.84. The number of methoxy groups -OCH3 is 1. The third kappa shape index (κ3) is 5.62. The summed E-state index contributed by atoms with van der Waals surface area (Å²) < 4.78 is 37.9. The van der Waals surface area contributed by atoms with Crippen LogP contribution in [0, 0.1) is 5.82 Å². The Morgan fingerprint density at radius 1 is 0.917 bits per heavy atom. The predicted octanol–water partition coefficient (Wildman–Crippen LogP) is 5.10. The van der Waals surface area contributed by atoms with Crippen LogP contribution in [0.1, 0.15) is 49.2 Å². The Bertz CT molecular complexity index is 1230. The molecule has 0 bridgehead atoms. The fourth-order valence-corrected chi connectivity index (χ4v) is 3.84. The number of ether oxygens (including phenoxy) is 2. The summed E-state index contributed by atoms with van der Waals surface area (Å²) in [4.78, 5) is 12.9. The molecule has 3 aromatic carbocycles. The Balaban J connectivity index is 1.38. The third-order valence-corrected chi connectivity index (χ3v) is 6.69. The fraction of sp³-hybridized carbons (Fsp3) is 0.321. The number of para-hydroxylation sites is 1. The van der Waals surface area contributed by atoms with Crippen LogP contribution < -0.4 is 15.5 Å². The average Bonchev–Trinajstić information content (AvgIpc) is 3.07. The van der Waals surface area contributed by atoms with Crippen molar-refractivity contribution in [3.63, 3.8) is 0 Å². The number of amides is 1. The second-order valence-electron chi connectivity index (χ2n) is 9.78. The minimum absolute atomic E-state index is 0.0915. The van der Waals surface area contributed by atoms with E-state index in [0.717, 1.165) is 16.8 Å². The van der Waals surface area contributed by atoms with E-state index in [2.05, 4.69) is 5.32 Å².